The summed E-state index contributed by atoms with van der Waals surface area (Å²) in [6, 6.07) is 0. The topological polar surface area (TPSA) is 0 Å². The van der Waals surface area contributed by atoms with Crippen molar-refractivity contribution in [3.8, 4) is 0 Å². The standard InChI is InChI=1S/C9H15Cl/c1-5-6-9(10)8(4)7(2)3/h5-6,9H,1-4H3. The monoisotopic (exact) mass is 158 g/mol. The van der Waals surface area contributed by atoms with Gasteiger partial charge in [-0.15, -0.1) is 11.6 Å². The lowest BCUT2D eigenvalue weighted by Gasteiger charge is -2.05. The third kappa shape index (κ3) is 3.07. The third-order valence-electron chi connectivity index (χ3n) is 1.56. The summed E-state index contributed by atoms with van der Waals surface area (Å²) in [4.78, 5) is 0. The number of rotatable bonds is 2. The molecule has 0 aromatic rings. The molecule has 0 spiro atoms. The SMILES string of the molecule is CC=CC(Cl)C(C)=C(C)C. The second kappa shape index (κ2) is 4.56. The van der Waals surface area contributed by atoms with Gasteiger partial charge in [0.05, 0.1) is 5.38 Å². The fourth-order valence-electron chi connectivity index (χ4n) is 0.589. The van der Waals surface area contributed by atoms with E-state index in [-0.39, 0.29) is 5.38 Å². The summed E-state index contributed by atoms with van der Waals surface area (Å²) in [5.41, 5.74) is 2.55. The largest absolute Gasteiger partial charge is 0.114 e. The second-order valence-electron chi connectivity index (χ2n) is 2.61. The first-order valence-corrected chi connectivity index (χ1v) is 3.94. The molecule has 0 amide bonds. The fraction of sp³-hybridized carbons (Fsp3) is 0.556. The molecular weight excluding hydrogens is 144 g/mol. The Balaban J connectivity index is 4.21. The highest BCUT2D eigenvalue weighted by Crippen LogP contribution is 2.14. The third-order valence-corrected chi connectivity index (χ3v) is 2.04. The molecule has 1 heteroatoms. The predicted molar refractivity (Wildman–Crippen MR) is 48.5 cm³/mol. The Morgan fingerprint density at radius 1 is 1.30 bits per heavy atom. The van der Waals surface area contributed by atoms with Gasteiger partial charge in [0.1, 0.15) is 0 Å². The van der Waals surface area contributed by atoms with Gasteiger partial charge in [-0.3, -0.25) is 0 Å². The van der Waals surface area contributed by atoms with Crippen molar-refractivity contribution < 1.29 is 0 Å². The number of halogens is 1. The summed E-state index contributed by atoms with van der Waals surface area (Å²) in [5.74, 6) is 0. The summed E-state index contributed by atoms with van der Waals surface area (Å²) in [6.45, 7) is 8.20. The van der Waals surface area contributed by atoms with Crippen LogP contribution >= 0.6 is 11.6 Å². The predicted octanol–water partition coefficient (Wildman–Crippen LogP) is 3.53. The lowest BCUT2D eigenvalue weighted by molar-refractivity contribution is 1.13. The molecule has 0 saturated carbocycles. The summed E-state index contributed by atoms with van der Waals surface area (Å²) in [7, 11) is 0. The van der Waals surface area contributed by atoms with E-state index < -0.39 is 0 Å². The van der Waals surface area contributed by atoms with Crippen LogP contribution in [0.25, 0.3) is 0 Å². The van der Waals surface area contributed by atoms with E-state index in [2.05, 4.69) is 20.8 Å². The molecule has 1 unspecified atom stereocenters. The minimum Gasteiger partial charge on any atom is -0.114 e. The summed E-state index contributed by atoms with van der Waals surface area (Å²) in [6.07, 6.45) is 3.97. The molecule has 0 aliphatic heterocycles. The normalized spacial score (nSPS) is 13.7. The lowest BCUT2D eigenvalue weighted by atomic mass is 10.1. The number of hydrogen-bond donors (Lipinski definition) is 0. The highest BCUT2D eigenvalue weighted by molar-refractivity contribution is 6.23. The highest BCUT2D eigenvalue weighted by atomic mass is 35.5. The van der Waals surface area contributed by atoms with Crippen molar-refractivity contribution in [3.63, 3.8) is 0 Å². The molecule has 10 heavy (non-hydrogen) atoms. The van der Waals surface area contributed by atoms with Crippen LogP contribution in [0.3, 0.4) is 0 Å². The molecule has 0 saturated heterocycles. The van der Waals surface area contributed by atoms with Crippen LogP contribution in [0.5, 0.6) is 0 Å². The Morgan fingerprint density at radius 3 is 2.10 bits per heavy atom. The van der Waals surface area contributed by atoms with E-state index in [0.29, 0.717) is 0 Å². The number of allylic oxidation sites excluding steroid dienone is 4. The zero-order valence-electron chi connectivity index (χ0n) is 7.11. The van der Waals surface area contributed by atoms with Crippen molar-refractivity contribution in [2.24, 2.45) is 0 Å². The molecule has 0 radical (unpaired) electrons. The first-order valence-electron chi connectivity index (χ1n) is 3.50. The Bertz CT molecular complexity index is 150. The lowest BCUT2D eigenvalue weighted by Crippen LogP contribution is -1.96. The molecule has 1 atom stereocenters. The van der Waals surface area contributed by atoms with Gasteiger partial charge >= 0.3 is 0 Å². The molecule has 0 rings (SSSR count). The van der Waals surface area contributed by atoms with Gasteiger partial charge in [-0.25, -0.2) is 0 Å². The maximum absolute atomic E-state index is 5.98. The summed E-state index contributed by atoms with van der Waals surface area (Å²) < 4.78 is 0. The minimum atomic E-state index is 0.0787. The van der Waals surface area contributed by atoms with Crippen molar-refractivity contribution in [2.45, 2.75) is 33.1 Å². The minimum absolute atomic E-state index is 0.0787. The van der Waals surface area contributed by atoms with Crippen LogP contribution in [-0.2, 0) is 0 Å². The van der Waals surface area contributed by atoms with Crippen LogP contribution in [0.1, 0.15) is 27.7 Å². The maximum atomic E-state index is 5.98. The van der Waals surface area contributed by atoms with Crippen LogP contribution in [-0.4, -0.2) is 5.38 Å². The van der Waals surface area contributed by atoms with Crippen LogP contribution in [0.15, 0.2) is 23.3 Å². The van der Waals surface area contributed by atoms with Gasteiger partial charge in [-0.05, 0) is 27.7 Å². The molecule has 0 N–H and O–H groups in total. The Morgan fingerprint density at radius 2 is 1.80 bits per heavy atom. The van der Waals surface area contributed by atoms with E-state index in [1.165, 1.54) is 11.1 Å². The van der Waals surface area contributed by atoms with E-state index in [0.717, 1.165) is 0 Å². The summed E-state index contributed by atoms with van der Waals surface area (Å²) in [5, 5.41) is 0.0787. The van der Waals surface area contributed by atoms with E-state index in [1.54, 1.807) is 0 Å². The molecule has 0 bridgehead atoms. The van der Waals surface area contributed by atoms with Gasteiger partial charge in [0.15, 0.2) is 0 Å². The molecule has 0 heterocycles. The smallest absolute Gasteiger partial charge is 0.0725 e. The molecular formula is C9H15Cl. The van der Waals surface area contributed by atoms with Gasteiger partial charge in [0, 0.05) is 0 Å². The van der Waals surface area contributed by atoms with Gasteiger partial charge < -0.3 is 0 Å². The second-order valence-corrected chi connectivity index (χ2v) is 3.08. The molecule has 0 fully saturated rings. The Hall–Kier alpha value is -0.230. The van der Waals surface area contributed by atoms with Crippen molar-refractivity contribution >= 4 is 11.6 Å². The van der Waals surface area contributed by atoms with E-state index in [4.69, 9.17) is 11.6 Å². The van der Waals surface area contributed by atoms with E-state index in [9.17, 15) is 0 Å². The average molecular weight is 159 g/mol. The molecule has 0 nitrogen and oxygen atoms in total. The van der Waals surface area contributed by atoms with E-state index in [1.807, 2.05) is 19.1 Å². The molecule has 0 aliphatic carbocycles. The highest BCUT2D eigenvalue weighted by Gasteiger charge is 2.01. The maximum Gasteiger partial charge on any atom is 0.0725 e. The van der Waals surface area contributed by atoms with Crippen molar-refractivity contribution in [2.75, 3.05) is 0 Å². The van der Waals surface area contributed by atoms with Crippen molar-refractivity contribution in [3.05, 3.63) is 23.3 Å². The zero-order chi connectivity index (χ0) is 8.15. The zero-order valence-corrected chi connectivity index (χ0v) is 7.87. The average Bonchev–Trinajstić information content (AvgIpc) is 1.87. The van der Waals surface area contributed by atoms with Crippen molar-refractivity contribution in [1.82, 2.24) is 0 Å². The Kier molecular flexibility index (Phi) is 4.46. The fourth-order valence-corrected chi connectivity index (χ4v) is 0.953. The first kappa shape index (κ1) is 9.77. The quantitative estimate of drug-likeness (QED) is 0.426. The first-order chi connectivity index (χ1) is 4.59. The van der Waals surface area contributed by atoms with Gasteiger partial charge in [0.25, 0.3) is 0 Å². The molecule has 0 aliphatic rings. The van der Waals surface area contributed by atoms with Crippen LogP contribution in [0, 0.1) is 0 Å². The van der Waals surface area contributed by atoms with E-state index >= 15 is 0 Å². The van der Waals surface area contributed by atoms with Gasteiger partial charge in [0.2, 0.25) is 0 Å². The van der Waals surface area contributed by atoms with Crippen LogP contribution in [0.4, 0.5) is 0 Å². The Labute approximate surface area is 68.6 Å². The number of alkyl halides is 1. The summed E-state index contributed by atoms with van der Waals surface area (Å²) >= 11 is 5.98. The molecule has 58 valence electrons. The number of hydrogen-bond acceptors (Lipinski definition) is 0. The molecule has 0 aromatic carbocycles. The van der Waals surface area contributed by atoms with Crippen LogP contribution < -0.4 is 0 Å². The van der Waals surface area contributed by atoms with Gasteiger partial charge in [-0.2, -0.15) is 0 Å². The van der Waals surface area contributed by atoms with Crippen LogP contribution in [0.2, 0.25) is 0 Å². The molecule has 0 aromatic heterocycles. The van der Waals surface area contributed by atoms with Gasteiger partial charge in [-0.1, -0.05) is 23.3 Å². The van der Waals surface area contributed by atoms with Crippen molar-refractivity contribution in [1.29, 1.82) is 0 Å².